The molecule has 2 atom stereocenters. The van der Waals surface area contributed by atoms with Crippen LogP contribution in [0.1, 0.15) is 12.5 Å². The van der Waals surface area contributed by atoms with Crippen LogP contribution < -0.4 is 5.32 Å². The Morgan fingerprint density at radius 1 is 1.38 bits per heavy atom. The second-order valence-electron chi connectivity index (χ2n) is 3.80. The summed E-state index contributed by atoms with van der Waals surface area (Å²) >= 11 is 0. The summed E-state index contributed by atoms with van der Waals surface area (Å²) in [5.41, 5.74) is 1.09. The van der Waals surface area contributed by atoms with Gasteiger partial charge >= 0.3 is 5.97 Å². The normalized spacial score (nSPS) is 14.4. The first-order valence-corrected chi connectivity index (χ1v) is 5.26. The minimum absolute atomic E-state index is 0.266. The van der Waals surface area contributed by atoms with Crippen molar-refractivity contribution in [3.63, 3.8) is 0 Å². The van der Waals surface area contributed by atoms with Gasteiger partial charge in [-0.3, -0.25) is 4.79 Å². The molecule has 0 spiro atoms. The summed E-state index contributed by atoms with van der Waals surface area (Å²) in [5.74, 6) is -1.74. The van der Waals surface area contributed by atoms with Crippen LogP contribution in [0.25, 0.3) is 0 Å². The van der Waals surface area contributed by atoms with E-state index in [1.165, 1.54) is 6.92 Å². The number of aliphatic hydroxyl groups is 1. The monoisotopic (exact) mass is 223 g/mol. The molecular weight excluding hydrogens is 206 g/mol. The van der Waals surface area contributed by atoms with Crippen LogP contribution in [0.4, 0.5) is 0 Å². The first-order chi connectivity index (χ1) is 7.61. The van der Waals surface area contributed by atoms with Gasteiger partial charge in [-0.1, -0.05) is 30.3 Å². The zero-order valence-electron chi connectivity index (χ0n) is 9.26. The van der Waals surface area contributed by atoms with Crippen molar-refractivity contribution in [1.82, 2.24) is 5.32 Å². The SMILES string of the molecule is CC(O)C(CNCc1ccccc1)C(=O)O. The molecule has 88 valence electrons. The van der Waals surface area contributed by atoms with Gasteiger partial charge < -0.3 is 15.5 Å². The highest BCUT2D eigenvalue weighted by Gasteiger charge is 2.22. The lowest BCUT2D eigenvalue weighted by atomic mass is 10.0. The van der Waals surface area contributed by atoms with Crippen LogP contribution in [0.15, 0.2) is 30.3 Å². The molecular formula is C12H17NO3. The predicted molar refractivity (Wildman–Crippen MR) is 61.0 cm³/mol. The van der Waals surface area contributed by atoms with Crippen molar-refractivity contribution in [3.8, 4) is 0 Å². The quantitative estimate of drug-likeness (QED) is 0.669. The summed E-state index contributed by atoms with van der Waals surface area (Å²) in [6, 6.07) is 9.72. The van der Waals surface area contributed by atoms with Crippen LogP contribution in [-0.2, 0) is 11.3 Å². The molecule has 16 heavy (non-hydrogen) atoms. The third-order valence-electron chi connectivity index (χ3n) is 2.44. The zero-order chi connectivity index (χ0) is 12.0. The van der Waals surface area contributed by atoms with E-state index in [-0.39, 0.29) is 6.54 Å². The number of carboxylic acid groups (broad SMARTS) is 1. The van der Waals surface area contributed by atoms with Crippen molar-refractivity contribution in [2.75, 3.05) is 6.54 Å². The van der Waals surface area contributed by atoms with Gasteiger partial charge in [-0.05, 0) is 12.5 Å². The second kappa shape index (κ2) is 6.25. The number of carboxylic acids is 1. The van der Waals surface area contributed by atoms with Crippen LogP contribution in [0.5, 0.6) is 0 Å². The van der Waals surface area contributed by atoms with E-state index in [9.17, 15) is 9.90 Å². The molecule has 0 aliphatic rings. The Hall–Kier alpha value is -1.39. The molecule has 1 aromatic carbocycles. The van der Waals surface area contributed by atoms with Gasteiger partial charge in [-0.15, -0.1) is 0 Å². The highest BCUT2D eigenvalue weighted by atomic mass is 16.4. The first kappa shape index (κ1) is 12.7. The number of aliphatic carboxylic acids is 1. The summed E-state index contributed by atoms with van der Waals surface area (Å²) in [6.07, 6.45) is -0.847. The van der Waals surface area contributed by atoms with E-state index >= 15 is 0 Å². The summed E-state index contributed by atoms with van der Waals surface area (Å²) < 4.78 is 0. The Kier molecular flexibility index (Phi) is 4.95. The summed E-state index contributed by atoms with van der Waals surface area (Å²) in [5, 5.41) is 21.1. The Bertz CT molecular complexity index is 324. The van der Waals surface area contributed by atoms with Gasteiger partial charge in [0.15, 0.2) is 0 Å². The molecule has 1 aromatic rings. The molecule has 0 saturated heterocycles. The lowest BCUT2D eigenvalue weighted by Crippen LogP contribution is -2.35. The smallest absolute Gasteiger partial charge is 0.310 e. The van der Waals surface area contributed by atoms with Crippen LogP contribution in [-0.4, -0.2) is 28.8 Å². The number of rotatable bonds is 6. The number of carbonyl (C=O) groups is 1. The van der Waals surface area contributed by atoms with Gasteiger partial charge in [0, 0.05) is 13.1 Å². The standard InChI is InChI=1S/C12H17NO3/c1-9(14)11(12(15)16)8-13-7-10-5-3-2-4-6-10/h2-6,9,11,13-14H,7-8H2,1H3,(H,15,16). The van der Waals surface area contributed by atoms with Crippen molar-refractivity contribution < 1.29 is 15.0 Å². The lowest BCUT2D eigenvalue weighted by molar-refractivity contribution is -0.145. The fraction of sp³-hybridized carbons (Fsp3) is 0.417. The maximum Gasteiger partial charge on any atom is 0.310 e. The van der Waals surface area contributed by atoms with Crippen molar-refractivity contribution in [1.29, 1.82) is 0 Å². The maximum atomic E-state index is 10.8. The highest BCUT2D eigenvalue weighted by Crippen LogP contribution is 2.03. The number of hydrogen-bond donors (Lipinski definition) is 3. The van der Waals surface area contributed by atoms with E-state index in [1.807, 2.05) is 30.3 Å². The summed E-state index contributed by atoms with van der Waals surface area (Å²) in [4.78, 5) is 10.8. The molecule has 0 fully saturated rings. The summed E-state index contributed by atoms with van der Waals surface area (Å²) in [6.45, 7) is 2.36. The molecule has 2 unspecified atom stereocenters. The molecule has 4 nitrogen and oxygen atoms in total. The van der Waals surface area contributed by atoms with Gasteiger partial charge in [-0.2, -0.15) is 0 Å². The molecule has 0 bridgehead atoms. The van der Waals surface area contributed by atoms with Crippen molar-refractivity contribution in [2.45, 2.75) is 19.6 Å². The molecule has 0 amide bonds. The Morgan fingerprint density at radius 2 is 2.00 bits per heavy atom. The number of nitrogens with one attached hydrogen (secondary N) is 1. The van der Waals surface area contributed by atoms with Gasteiger partial charge in [0.25, 0.3) is 0 Å². The Labute approximate surface area is 94.9 Å². The molecule has 1 rings (SSSR count). The minimum Gasteiger partial charge on any atom is -0.481 e. The predicted octanol–water partition coefficient (Wildman–Crippen LogP) is 0.858. The second-order valence-corrected chi connectivity index (χ2v) is 3.80. The number of hydrogen-bond acceptors (Lipinski definition) is 3. The number of aliphatic hydroxyl groups excluding tert-OH is 1. The molecule has 3 N–H and O–H groups in total. The molecule has 0 aliphatic carbocycles. The van der Waals surface area contributed by atoms with Gasteiger partial charge in [-0.25, -0.2) is 0 Å². The van der Waals surface area contributed by atoms with Crippen LogP contribution in [0.2, 0.25) is 0 Å². The largest absolute Gasteiger partial charge is 0.481 e. The third-order valence-corrected chi connectivity index (χ3v) is 2.44. The van der Waals surface area contributed by atoms with E-state index in [0.29, 0.717) is 6.54 Å². The minimum atomic E-state index is -0.976. The Morgan fingerprint density at radius 3 is 2.50 bits per heavy atom. The van der Waals surface area contributed by atoms with Crippen LogP contribution in [0.3, 0.4) is 0 Å². The van der Waals surface area contributed by atoms with Crippen molar-refractivity contribution in [3.05, 3.63) is 35.9 Å². The van der Waals surface area contributed by atoms with E-state index < -0.39 is 18.0 Å². The molecule has 0 saturated carbocycles. The van der Waals surface area contributed by atoms with Crippen molar-refractivity contribution in [2.24, 2.45) is 5.92 Å². The lowest BCUT2D eigenvalue weighted by Gasteiger charge is -2.15. The maximum absolute atomic E-state index is 10.8. The van der Waals surface area contributed by atoms with E-state index in [4.69, 9.17) is 5.11 Å². The Balaban J connectivity index is 2.37. The fourth-order valence-corrected chi connectivity index (χ4v) is 1.43. The first-order valence-electron chi connectivity index (χ1n) is 5.26. The van der Waals surface area contributed by atoms with Gasteiger partial charge in [0.1, 0.15) is 0 Å². The molecule has 4 heteroatoms. The zero-order valence-corrected chi connectivity index (χ0v) is 9.26. The van der Waals surface area contributed by atoms with E-state index in [1.54, 1.807) is 0 Å². The van der Waals surface area contributed by atoms with Crippen molar-refractivity contribution >= 4 is 5.97 Å². The topological polar surface area (TPSA) is 69.6 Å². The van der Waals surface area contributed by atoms with Crippen LogP contribution in [0, 0.1) is 5.92 Å². The van der Waals surface area contributed by atoms with E-state index in [0.717, 1.165) is 5.56 Å². The van der Waals surface area contributed by atoms with Crippen LogP contribution >= 0.6 is 0 Å². The average Bonchev–Trinajstić information content (AvgIpc) is 2.24. The van der Waals surface area contributed by atoms with Gasteiger partial charge in [0.05, 0.1) is 12.0 Å². The fourth-order valence-electron chi connectivity index (χ4n) is 1.43. The van der Waals surface area contributed by atoms with E-state index in [2.05, 4.69) is 5.32 Å². The molecule has 0 heterocycles. The number of benzene rings is 1. The molecule has 0 radical (unpaired) electrons. The molecule has 0 aromatic heterocycles. The summed E-state index contributed by atoms with van der Waals surface area (Å²) in [7, 11) is 0. The third kappa shape index (κ3) is 4.00. The average molecular weight is 223 g/mol. The highest BCUT2D eigenvalue weighted by molar-refractivity contribution is 5.70. The molecule has 0 aliphatic heterocycles. The van der Waals surface area contributed by atoms with Gasteiger partial charge in [0.2, 0.25) is 0 Å².